The number of piperidine rings is 1. The first-order chi connectivity index (χ1) is 13.3. The normalized spacial score (nSPS) is 22.5. The van der Waals surface area contributed by atoms with Gasteiger partial charge in [-0.05, 0) is 72.4 Å². The molecule has 0 saturated carbocycles. The average Bonchev–Trinajstić information content (AvgIpc) is 2.86. The maximum absolute atomic E-state index is 12.9. The zero-order valence-electron chi connectivity index (χ0n) is 18.2. The van der Waals surface area contributed by atoms with E-state index < -0.39 is 17.0 Å². The van der Waals surface area contributed by atoms with E-state index in [2.05, 4.69) is 9.71 Å². The monoisotopic (exact) mass is 441 g/mol. The molecule has 1 aliphatic heterocycles. The first-order valence-electron chi connectivity index (χ1n) is 10.1. The van der Waals surface area contributed by atoms with Crippen LogP contribution in [-0.4, -0.2) is 44.0 Å². The molecule has 1 N–H and O–H groups in total. The van der Waals surface area contributed by atoms with Crippen LogP contribution in [0.1, 0.15) is 71.7 Å². The third kappa shape index (κ3) is 5.01. The van der Waals surface area contributed by atoms with E-state index >= 15 is 0 Å². The molecule has 29 heavy (non-hydrogen) atoms. The number of rotatable bonds is 2. The zero-order chi connectivity index (χ0) is 21.6. The van der Waals surface area contributed by atoms with Gasteiger partial charge in [0.15, 0.2) is 0 Å². The fourth-order valence-corrected chi connectivity index (χ4v) is 5.16. The fraction of sp³-hybridized carbons (Fsp3) is 0.714. The lowest BCUT2D eigenvalue weighted by molar-refractivity contribution is 0.00711. The van der Waals surface area contributed by atoms with Crippen molar-refractivity contribution in [2.75, 3.05) is 13.1 Å². The van der Waals surface area contributed by atoms with Crippen LogP contribution in [0.4, 0.5) is 4.79 Å². The quantitative estimate of drug-likeness (QED) is 0.688. The largest absolute Gasteiger partial charge is 0.598 e. The topological polar surface area (TPSA) is 77.5 Å². The molecule has 1 aliphatic carbocycles. The van der Waals surface area contributed by atoms with Crippen LogP contribution in [0.25, 0.3) is 0 Å². The van der Waals surface area contributed by atoms with Gasteiger partial charge in [0.25, 0.3) is 0 Å². The molecular formula is C21H32ClN3O3S. The number of aromatic nitrogens is 1. The Hall–Kier alpha value is -1.02. The molecule has 1 unspecified atom stereocenters. The Balaban J connectivity index is 1.81. The van der Waals surface area contributed by atoms with E-state index in [1.807, 2.05) is 47.6 Å². The van der Waals surface area contributed by atoms with Crippen molar-refractivity contribution >= 4 is 29.1 Å². The predicted octanol–water partition coefficient (Wildman–Crippen LogP) is 4.40. The Labute approximate surface area is 182 Å². The van der Waals surface area contributed by atoms with Crippen molar-refractivity contribution < 1.29 is 14.1 Å². The second-order valence-electron chi connectivity index (χ2n) is 10.1. The molecule has 1 aromatic rings. The van der Waals surface area contributed by atoms with E-state index in [9.17, 15) is 9.35 Å². The van der Waals surface area contributed by atoms with Crippen molar-refractivity contribution in [2.24, 2.45) is 5.41 Å². The number of likely N-dealkylation sites (tertiary alicyclic amines) is 1. The fourth-order valence-electron chi connectivity index (χ4n) is 4.05. The molecule has 0 bridgehead atoms. The average molecular weight is 442 g/mol. The third-order valence-electron chi connectivity index (χ3n) is 5.61. The number of nitrogens with one attached hydrogen (secondary N) is 1. The summed E-state index contributed by atoms with van der Waals surface area (Å²) in [7, 11) is 0. The lowest BCUT2D eigenvalue weighted by Crippen LogP contribution is -2.51. The van der Waals surface area contributed by atoms with E-state index in [0.29, 0.717) is 18.1 Å². The summed E-state index contributed by atoms with van der Waals surface area (Å²) in [5, 5.41) is 0.584. The number of hydrogen-bond acceptors (Lipinski definition) is 5. The first-order valence-corrected chi connectivity index (χ1v) is 11.6. The van der Waals surface area contributed by atoms with Gasteiger partial charge in [-0.3, -0.25) is 4.98 Å². The maximum Gasteiger partial charge on any atom is 0.410 e. The molecule has 0 aromatic carbocycles. The summed E-state index contributed by atoms with van der Waals surface area (Å²) in [5.74, 6) is 0. The van der Waals surface area contributed by atoms with Crippen LogP contribution in [0.5, 0.6) is 0 Å². The van der Waals surface area contributed by atoms with Gasteiger partial charge < -0.3 is 14.2 Å². The zero-order valence-corrected chi connectivity index (χ0v) is 19.7. The molecule has 2 aliphatic rings. The third-order valence-corrected chi connectivity index (χ3v) is 7.37. The molecule has 1 fully saturated rings. The summed E-state index contributed by atoms with van der Waals surface area (Å²) in [6, 6.07) is 1.83. The molecule has 8 heteroatoms. The molecule has 1 spiro atoms. The van der Waals surface area contributed by atoms with E-state index in [4.69, 9.17) is 16.3 Å². The van der Waals surface area contributed by atoms with Crippen LogP contribution in [0.3, 0.4) is 0 Å². The van der Waals surface area contributed by atoms with E-state index in [-0.39, 0.29) is 22.3 Å². The van der Waals surface area contributed by atoms with Gasteiger partial charge in [0.2, 0.25) is 0 Å². The van der Waals surface area contributed by atoms with E-state index in [0.717, 1.165) is 30.5 Å². The second kappa shape index (κ2) is 7.91. The minimum atomic E-state index is -1.23. The number of nitrogens with zero attached hydrogens (tertiary/aromatic N) is 2. The van der Waals surface area contributed by atoms with Crippen LogP contribution in [0, 0.1) is 5.41 Å². The van der Waals surface area contributed by atoms with Gasteiger partial charge in [0.1, 0.15) is 10.3 Å². The highest BCUT2D eigenvalue weighted by Gasteiger charge is 2.51. The minimum Gasteiger partial charge on any atom is -0.598 e. The predicted molar refractivity (Wildman–Crippen MR) is 116 cm³/mol. The minimum absolute atomic E-state index is 0.107. The molecule has 1 aromatic heterocycles. The second-order valence-corrected chi connectivity index (χ2v) is 12.6. The van der Waals surface area contributed by atoms with Crippen molar-refractivity contribution in [1.82, 2.24) is 14.6 Å². The lowest BCUT2D eigenvalue weighted by atomic mass is 9.73. The lowest BCUT2D eigenvalue weighted by Gasteiger charge is -2.43. The standard InChI is InChI=1S/C21H32ClN3O3S/c1-19(2,3)28-18(26)25-9-7-21(8-10-25)12-16-15(11-14(22)13-23-16)17(21)24-29(27)20(4,5)6/h11,13,17,24H,7-10,12H2,1-6H3/t17-,29?/m1/s1. The smallest absolute Gasteiger partial charge is 0.410 e. The van der Waals surface area contributed by atoms with Crippen LogP contribution in [0.15, 0.2) is 12.3 Å². The Morgan fingerprint density at radius 3 is 2.48 bits per heavy atom. The Morgan fingerprint density at radius 2 is 1.93 bits per heavy atom. The highest BCUT2D eigenvalue weighted by Crippen LogP contribution is 2.52. The van der Waals surface area contributed by atoms with Crippen molar-refractivity contribution in [3.63, 3.8) is 0 Å². The Bertz CT molecular complexity index is 767. The van der Waals surface area contributed by atoms with E-state index in [1.165, 1.54) is 0 Å². The first kappa shape index (κ1) is 22.7. The molecule has 6 nitrogen and oxygen atoms in total. The number of pyridine rings is 1. The SMILES string of the molecule is CC(C)(C)OC(=O)N1CCC2(CC1)Cc1ncc(Cl)cc1[C@H]2N[S+]([O-])C(C)(C)C. The maximum atomic E-state index is 12.9. The molecule has 162 valence electrons. The number of halogens is 1. The number of carbonyl (C=O) groups is 1. The highest BCUT2D eigenvalue weighted by molar-refractivity contribution is 7.90. The van der Waals surface area contributed by atoms with Gasteiger partial charge >= 0.3 is 6.09 Å². The van der Waals surface area contributed by atoms with Crippen molar-refractivity contribution in [1.29, 1.82) is 0 Å². The van der Waals surface area contributed by atoms with Crippen LogP contribution in [-0.2, 0) is 22.5 Å². The van der Waals surface area contributed by atoms with Crippen LogP contribution in [0.2, 0.25) is 5.02 Å². The molecular weight excluding hydrogens is 410 g/mol. The summed E-state index contributed by atoms with van der Waals surface area (Å²) in [4.78, 5) is 18.8. The molecule has 1 amide bonds. The van der Waals surface area contributed by atoms with Gasteiger partial charge in [-0.25, -0.2) is 4.79 Å². The molecule has 2 heterocycles. The summed E-state index contributed by atoms with van der Waals surface area (Å²) < 4.78 is 21.5. The number of fused-ring (bicyclic) bond motifs is 1. The van der Waals surface area contributed by atoms with Crippen molar-refractivity contribution in [2.45, 2.75) is 77.2 Å². The highest BCUT2D eigenvalue weighted by atomic mass is 35.5. The van der Waals surface area contributed by atoms with Crippen LogP contribution < -0.4 is 4.72 Å². The Kier molecular flexibility index (Phi) is 6.18. The molecule has 0 radical (unpaired) electrons. The van der Waals surface area contributed by atoms with Gasteiger partial charge in [-0.15, -0.1) is 4.72 Å². The van der Waals surface area contributed by atoms with Gasteiger partial charge in [-0.2, -0.15) is 0 Å². The number of hydrogen-bond donors (Lipinski definition) is 1. The number of amides is 1. The van der Waals surface area contributed by atoms with Crippen LogP contribution >= 0.6 is 11.6 Å². The summed E-state index contributed by atoms with van der Waals surface area (Å²) >= 11 is 5.01. The van der Waals surface area contributed by atoms with Gasteiger partial charge in [0, 0.05) is 41.8 Å². The number of carbonyl (C=O) groups excluding carboxylic acids is 1. The summed E-state index contributed by atoms with van der Waals surface area (Å²) in [6.07, 6.45) is 3.78. The van der Waals surface area contributed by atoms with Crippen molar-refractivity contribution in [3.05, 3.63) is 28.5 Å². The van der Waals surface area contributed by atoms with Crippen molar-refractivity contribution in [3.8, 4) is 0 Å². The number of ether oxygens (including phenoxy) is 1. The van der Waals surface area contributed by atoms with E-state index in [1.54, 1.807) is 11.1 Å². The van der Waals surface area contributed by atoms with Gasteiger partial charge in [0.05, 0.1) is 11.1 Å². The molecule has 3 rings (SSSR count). The summed E-state index contributed by atoms with van der Waals surface area (Å²) in [5.41, 5.74) is 1.38. The summed E-state index contributed by atoms with van der Waals surface area (Å²) in [6.45, 7) is 12.7. The van der Waals surface area contributed by atoms with Gasteiger partial charge in [-0.1, -0.05) is 11.6 Å². The molecule has 1 saturated heterocycles. The Morgan fingerprint density at radius 1 is 1.31 bits per heavy atom. The molecule has 2 atom stereocenters.